The quantitative estimate of drug-likeness (QED) is 0.289. The van der Waals surface area contributed by atoms with E-state index in [9.17, 15) is 14.9 Å². The maximum absolute atomic E-state index is 12.5. The molecule has 150 valence electrons. The second-order valence-electron chi connectivity index (χ2n) is 6.20. The van der Waals surface area contributed by atoms with Gasteiger partial charge in [0.15, 0.2) is 6.10 Å². The number of ether oxygens (including phenoxy) is 1. The molecular formula is C20H18BrN3O4S. The van der Waals surface area contributed by atoms with Crippen molar-refractivity contribution < 1.29 is 14.5 Å². The molecule has 2 aromatic carbocycles. The first-order valence-electron chi connectivity index (χ1n) is 8.82. The average molecular weight is 476 g/mol. The van der Waals surface area contributed by atoms with Crippen LogP contribution in [0.1, 0.15) is 23.1 Å². The van der Waals surface area contributed by atoms with Crippen molar-refractivity contribution in [2.75, 3.05) is 0 Å². The van der Waals surface area contributed by atoms with E-state index in [0.717, 1.165) is 15.2 Å². The number of hydrogen-bond acceptors (Lipinski definition) is 6. The van der Waals surface area contributed by atoms with Crippen molar-refractivity contribution in [2.45, 2.75) is 26.4 Å². The number of nitrogens with one attached hydrogen (secondary N) is 1. The number of hydrogen-bond donors (Lipinski definition) is 1. The fourth-order valence-electron chi connectivity index (χ4n) is 2.75. The van der Waals surface area contributed by atoms with Gasteiger partial charge in [-0.2, -0.15) is 5.10 Å². The van der Waals surface area contributed by atoms with Crippen LogP contribution < -0.4 is 10.2 Å². The Morgan fingerprint density at radius 3 is 2.83 bits per heavy atom. The summed E-state index contributed by atoms with van der Waals surface area (Å²) in [7, 11) is 0. The van der Waals surface area contributed by atoms with Gasteiger partial charge in [-0.25, -0.2) is 5.43 Å². The first-order valence-corrected chi connectivity index (χ1v) is 10.4. The molecule has 0 aliphatic heterocycles. The number of carbonyl (C=O) groups excluding carboxylic acids is 1. The number of rotatable bonds is 7. The lowest BCUT2D eigenvalue weighted by Crippen LogP contribution is -2.35. The lowest BCUT2D eigenvalue weighted by Gasteiger charge is -2.17. The molecule has 0 aliphatic carbocycles. The van der Waals surface area contributed by atoms with Crippen molar-refractivity contribution in [1.82, 2.24) is 5.43 Å². The van der Waals surface area contributed by atoms with Crippen molar-refractivity contribution in [3.8, 4) is 5.75 Å². The Morgan fingerprint density at radius 1 is 1.38 bits per heavy atom. The van der Waals surface area contributed by atoms with Crippen LogP contribution in [-0.4, -0.2) is 23.1 Å². The second kappa shape index (κ2) is 9.15. The molecule has 3 aromatic rings. The van der Waals surface area contributed by atoms with Crippen molar-refractivity contribution in [2.24, 2.45) is 5.10 Å². The highest BCUT2D eigenvalue weighted by Crippen LogP contribution is 2.34. The molecule has 1 amide bonds. The minimum atomic E-state index is -0.732. The van der Waals surface area contributed by atoms with Crippen LogP contribution >= 0.6 is 27.3 Å². The Labute approximate surface area is 179 Å². The minimum Gasteiger partial charge on any atom is -0.479 e. The Hall–Kier alpha value is -2.78. The summed E-state index contributed by atoms with van der Waals surface area (Å²) in [5.74, 6) is 0.172. The number of thiophene rings is 1. The van der Waals surface area contributed by atoms with E-state index in [4.69, 9.17) is 4.74 Å². The third-order valence-corrected chi connectivity index (χ3v) is 6.03. The van der Waals surface area contributed by atoms with Crippen LogP contribution in [0.4, 0.5) is 5.69 Å². The Balaban J connectivity index is 1.69. The first-order chi connectivity index (χ1) is 13.9. The van der Waals surface area contributed by atoms with Gasteiger partial charge in [-0.1, -0.05) is 37.3 Å². The Morgan fingerprint density at radius 2 is 2.14 bits per heavy atom. The fourth-order valence-corrected chi connectivity index (χ4v) is 4.21. The van der Waals surface area contributed by atoms with Gasteiger partial charge in [0.25, 0.3) is 11.6 Å². The van der Waals surface area contributed by atoms with E-state index in [0.29, 0.717) is 21.9 Å². The zero-order valence-corrected chi connectivity index (χ0v) is 18.1. The molecule has 1 atom stereocenters. The zero-order chi connectivity index (χ0) is 21.0. The molecule has 0 saturated heterocycles. The van der Waals surface area contributed by atoms with Gasteiger partial charge in [0, 0.05) is 6.07 Å². The van der Waals surface area contributed by atoms with E-state index in [-0.39, 0.29) is 5.69 Å². The number of nitro groups is 1. The lowest BCUT2D eigenvalue weighted by atomic mass is 10.1. The molecule has 7 nitrogen and oxygen atoms in total. The maximum Gasteiger partial charge on any atom is 0.283 e. The monoisotopic (exact) mass is 475 g/mol. The molecule has 0 saturated carbocycles. The van der Waals surface area contributed by atoms with E-state index in [1.807, 2.05) is 43.3 Å². The molecule has 9 heteroatoms. The molecule has 29 heavy (non-hydrogen) atoms. The van der Waals surface area contributed by atoms with Crippen LogP contribution in [-0.2, 0) is 4.79 Å². The number of fused-ring (bicyclic) bond motifs is 1. The van der Waals surface area contributed by atoms with Crippen molar-refractivity contribution in [1.29, 1.82) is 0 Å². The van der Waals surface area contributed by atoms with E-state index in [1.54, 1.807) is 6.92 Å². The van der Waals surface area contributed by atoms with Gasteiger partial charge in [-0.15, -0.1) is 11.3 Å². The van der Waals surface area contributed by atoms with Gasteiger partial charge in [0.1, 0.15) is 5.75 Å². The van der Waals surface area contributed by atoms with E-state index in [1.165, 1.54) is 23.6 Å². The smallest absolute Gasteiger partial charge is 0.283 e. The van der Waals surface area contributed by atoms with Crippen LogP contribution in [0.3, 0.4) is 0 Å². The summed E-state index contributed by atoms with van der Waals surface area (Å²) in [6.07, 6.45) is 1.11. The summed E-state index contributed by atoms with van der Waals surface area (Å²) in [4.78, 5) is 24.1. The lowest BCUT2D eigenvalue weighted by molar-refractivity contribution is -0.385. The first kappa shape index (κ1) is 20.9. The molecule has 1 N–H and O–H groups in total. The molecule has 0 spiro atoms. The van der Waals surface area contributed by atoms with Gasteiger partial charge in [-0.05, 0) is 46.1 Å². The van der Waals surface area contributed by atoms with Gasteiger partial charge in [-0.3, -0.25) is 14.9 Å². The highest BCUT2D eigenvalue weighted by molar-refractivity contribution is 9.10. The van der Waals surface area contributed by atoms with Crippen LogP contribution in [0, 0.1) is 17.0 Å². The summed E-state index contributed by atoms with van der Waals surface area (Å²) in [6, 6.07) is 13.0. The summed E-state index contributed by atoms with van der Waals surface area (Å²) in [5, 5.41) is 16.9. The van der Waals surface area contributed by atoms with E-state index in [2.05, 4.69) is 26.5 Å². The van der Waals surface area contributed by atoms with Crippen molar-refractivity contribution in [3.63, 3.8) is 0 Å². The number of carbonyl (C=O) groups is 1. The second-order valence-corrected chi connectivity index (χ2v) is 8.28. The van der Waals surface area contributed by atoms with Crippen LogP contribution in [0.5, 0.6) is 5.75 Å². The predicted octanol–water partition coefficient (Wildman–Crippen LogP) is 5.19. The van der Waals surface area contributed by atoms with E-state index < -0.39 is 16.9 Å². The highest BCUT2D eigenvalue weighted by Gasteiger charge is 2.20. The third kappa shape index (κ3) is 4.80. The Bertz CT molecular complexity index is 1100. The van der Waals surface area contributed by atoms with Crippen molar-refractivity contribution >= 4 is 55.8 Å². The third-order valence-electron chi connectivity index (χ3n) is 4.23. The summed E-state index contributed by atoms with van der Waals surface area (Å²) < 4.78 is 6.69. The average Bonchev–Trinajstić information content (AvgIpc) is 3.08. The molecule has 0 aliphatic rings. The van der Waals surface area contributed by atoms with Gasteiger partial charge in [0.05, 0.1) is 25.4 Å². The minimum absolute atomic E-state index is 0.0405. The molecule has 0 bridgehead atoms. The molecule has 0 fully saturated rings. The van der Waals surface area contributed by atoms with Gasteiger partial charge >= 0.3 is 0 Å². The standard InChI is InChI=1S/C20H18BrN3O4S/c1-3-17(28-18-9-8-13-6-4-5-7-15(13)19(18)21)20(25)23-22-11-14-10-16(24(26)27)12(2)29-14/h4-11,17H,3H2,1-2H3,(H,23,25)/b22-11-/t17-/m1/s1. The van der Waals surface area contributed by atoms with Crippen molar-refractivity contribution in [3.05, 3.63) is 66.8 Å². The maximum atomic E-state index is 12.5. The Kier molecular flexibility index (Phi) is 6.60. The number of benzene rings is 2. The summed E-state index contributed by atoms with van der Waals surface area (Å²) >= 11 is 4.79. The number of aryl methyl sites for hydroxylation is 1. The number of halogens is 1. The predicted molar refractivity (Wildman–Crippen MR) is 118 cm³/mol. The van der Waals surface area contributed by atoms with Crippen LogP contribution in [0.15, 0.2) is 52.0 Å². The molecule has 3 rings (SSSR count). The molecule has 0 unspecified atom stereocenters. The number of amides is 1. The van der Waals surface area contributed by atoms with Crippen LogP contribution in [0.2, 0.25) is 0 Å². The topological polar surface area (TPSA) is 93.8 Å². The fraction of sp³-hybridized carbons (Fsp3) is 0.200. The number of hydrazone groups is 1. The number of nitrogens with zero attached hydrogens (tertiary/aromatic N) is 2. The summed E-state index contributed by atoms with van der Waals surface area (Å²) in [6.45, 7) is 3.51. The molecule has 1 aromatic heterocycles. The summed E-state index contributed by atoms with van der Waals surface area (Å²) in [5.41, 5.74) is 2.48. The van der Waals surface area contributed by atoms with Crippen LogP contribution in [0.25, 0.3) is 10.8 Å². The normalized spacial score (nSPS) is 12.2. The molecular weight excluding hydrogens is 458 g/mol. The zero-order valence-electron chi connectivity index (χ0n) is 15.7. The largest absolute Gasteiger partial charge is 0.479 e. The highest BCUT2D eigenvalue weighted by atomic mass is 79.9. The molecule has 0 radical (unpaired) electrons. The van der Waals surface area contributed by atoms with Gasteiger partial charge < -0.3 is 4.74 Å². The van der Waals surface area contributed by atoms with E-state index >= 15 is 0 Å². The SMILES string of the molecule is CC[C@@H](Oc1ccc2ccccc2c1Br)C(=O)N/N=C\c1cc([N+](=O)[O-])c(C)s1. The van der Waals surface area contributed by atoms with Gasteiger partial charge in [0.2, 0.25) is 0 Å². The molecule has 1 heterocycles.